The van der Waals surface area contributed by atoms with E-state index in [0.29, 0.717) is 0 Å². The second-order valence-electron chi connectivity index (χ2n) is 3.19. The predicted molar refractivity (Wildman–Crippen MR) is 65.5 cm³/mol. The molecular formula is C10H9N5O4. The maximum atomic E-state index is 10.8. The number of methoxy groups -OCH3 is 1. The van der Waals surface area contributed by atoms with Gasteiger partial charge >= 0.3 is 0 Å². The zero-order chi connectivity index (χ0) is 14.4. The van der Waals surface area contributed by atoms with Crippen LogP contribution in [0.3, 0.4) is 0 Å². The van der Waals surface area contributed by atoms with Crippen LogP contribution >= 0.6 is 0 Å². The number of nitriles is 1. The van der Waals surface area contributed by atoms with Crippen molar-refractivity contribution in [2.45, 2.75) is 0 Å². The van der Waals surface area contributed by atoms with E-state index in [4.69, 9.17) is 15.7 Å². The van der Waals surface area contributed by atoms with Gasteiger partial charge in [-0.3, -0.25) is 20.3 Å². The summed E-state index contributed by atoms with van der Waals surface area (Å²) in [4.78, 5) is 20.8. The fourth-order valence-corrected chi connectivity index (χ4v) is 1.15. The SMILES string of the molecule is COc1ccc([N+](=O)[O-])cc1NN=C(C#N)C(N)=O. The Labute approximate surface area is 107 Å². The number of non-ortho nitro benzene ring substituents is 1. The number of anilines is 1. The molecule has 1 rings (SSSR count). The second kappa shape index (κ2) is 5.97. The van der Waals surface area contributed by atoms with Crippen LogP contribution in [0.5, 0.6) is 5.75 Å². The molecule has 0 saturated heterocycles. The smallest absolute Gasteiger partial charge is 0.280 e. The highest BCUT2D eigenvalue weighted by Gasteiger charge is 2.12. The summed E-state index contributed by atoms with van der Waals surface area (Å²) in [6.45, 7) is 0. The van der Waals surface area contributed by atoms with E-state index in [-0.39, 0.29) is 17.1 Å². The quantitative estimate of drug-likeness (QED) is 0.446. The van der Waals surface area contributed by atoms with Gasteiger partial charge in [-0.1, -0.05) is 0 Å². The number of hydrazone groups is 1. The van der Waals surface area contributed by atoms with Crippen LogP contribution in [0.4, 0.5) is 11.4 Å². The summed E-state index contributed by atoms with van der Waals surface area (Å²) >= 11 is 0. The number of nitro benzene ring substituents is 1. The summed E-state index contributed by atoms with van der Waals surface area (Å²) in [5.74, 6) is -0.754. The fraction of sp³-hybridized carbons (Fsp3) is 0.100. The number of nitro groups is 1. The number of nitrogens with one attached hydrogen (secondary N) is 1. The summed E-state index contributed by atoms with van der Waals surface area (Å²) in [5, 5.41) is 22.7. The van der Waals surface area contributed by atoms with Crippen molar-refractivity contribution in [3.63, 3.8) is 0 Å². The Morgan fingerprint density at radius 1 is 1.63 bits per heavy atom. The molecule has 0 atom stereocenters. The Hall–Kier alpha value is -3.15. The van der Waals surface area contributed by atoms with Gasteiger partial charge in [0.05, 0.1) is 12.0 Å². The average molecular weight is 263 g/mol. The molecule has 1 aromatic carbocycles. The minimum absolute atomic E-state index is 0.130. The van der Waals surface area contributed by atoms with Gasteiger partial charge in [0.2, 0.25) is 5.71 Å². The number of amides is 1. The molecule has 98 valence electrons. The van der Waals surface area contributed by atoms with Crippen molar-refractivity contribution in [3.8, 4) is 11.8 Å². The first-order valence-electron chi connectivity index (χ1n) is 4.85. The first-order valence-corrected chi connectivity index (χ1v) is 4.85. The number of benzene rings is 1. The van der Waals surface area contributed by atoms with Crippen LogP contribution in [0.1, 0.15) is 0 Å². The van der Waals surface area contributed by atoms with E-state index < -0.39 is 16.5 Å². The number of hydrogen-bond acceptors (Lipinski definition) is 7. The second-order valence-corrected chi connectivity index (χ2v) is 3.19. The van der Waals surface area contributed by atoms with Crippen molar-refractivity contribution in [1.29, 1.82) is 5.26 Å². The lowest BCUT2D eigenvalue weighted by Gasteiger charge is -2.07. The Balaban J connectivity index is 3.12. The highest BCUT2D eigenvalue weighted by Crippen LogP contribution is 2.28. The van der Waals surface area contributed by atoms with Crippen molar-refractivity contribution >= 4 is 23.0 Å². The van der Waals surface area contributed by atoms with Crippen LogP contribution in [0.25, 0.3) is 0 Å². The fourth-order valence-electron chi connectivity index (χ4n) is 1.15. The summed E-state index contributed by atoms with van der Waals surface area (Å²) < 4.78 is 4.95. The minimum atomic E-state index is -1.01. The minimum Gasteiger partial charge on any atom is -0.495 e. The predicted octanol–water partition coefficient (Wildman–Crippen LogP) is 0.380. The number of primary amides is 1. The lowest BCUT2D eigenvalue weighted by molar-refractivity contribution is -0.384. The Morgan fingerprint density at radius 2 is 2.32 bits per heavy atom. The molecule has 0 radical (unpaired) electrons. The van der Waals surface area contributed by atoms with Gasteiger partial charge in [0.25, 0.3) is 11.6 Å². The third-order valence-electron chi connectivity index (χ3n) is 2.02. The first kappa shape index (κ1) is 13.9. The van der Waals surface area contributed by atoms with E-state index in [1.807, 2.05) is 0 Å². The highest BCUT2D eigenvalue weighted by atomic mass is 16.6. The molecule has 19 heavy (non-hydrogen) atoms. The molecule has 0 bridgehead atoms. The van der Waals surface area contributed by atoms with E-state index in [1.54, 1.807) is 0 Å². The molecule has 0 saturated carbocycles. The molecule has 0 aliphatic rings. The number of ether oxygens (including phenoxy) is 1. The largest absolute Gasteiger partial charge is 0.495 e. The highest BCUT2D eigenvalue weighted by molar-refractivity contribution is 6.44. The van der Waals surface area contributed by atoms with E-state index in [1.165, 1.54) is 25.3 Å². The number of carbonyl (C=O) groups excluding carboxylic acids is 1. The van der Waals surface area contributed by atoms with Crippen LogP contribution in [0.15, 0.2) is 23.3 Å². The van der Waals surface area contributed by atoms with E-state index >= 15 is 0 Å². The third-order valence-corrected chi connectivity index (χ3v) is 2.02. The van der Waals surface area contributed by atoms with Gasteiger partial charge in [-0.25, -0.2) is 0 Å². The van der Waals surface area contributed by atoms with Gasteiger partial charge in [0, 0.05) is 12.1 Å². The van der Waals surface area contributed by atoms with Gasteiger partial charge in [-0.2, -0.15) is 10.4 Å². The van der Waals surface area contributed by atoms with E-state index in [0.717, 1.165) is 6.07 Å². The third kappa shape index (κ3) is 3.40. The monoisotopic (exact) mass is 263 g/mol. The topological polar surface area (TPSA) is 144 Å². The van der Waals surface area contributed by atoms with Crippen LogP contribution < -0.4 is 15.9 Å². The van der Waals surface area contributed by atoms with Crippen molar-refractivity contribution < 1.29 is 14.5 Å². The molecule has 0 aliphatic heterocycles. The molecule has 9 heteroatoms. The molecule has 0 unspecified atom stereocenters. The molecule has 1 amide bonds. The maximum absolute atomic E-state index is 10.8. The van der Waals surface area contributed by atoms with E-state index in [2.05, 4.69) is 10.5 Å². The summed E-state index contributed by atoms with van der Waals surface area (Å²) in [6, 6.07) is 5.23. The zero-order valence-corrected chi connectivity index (χ0v) is 9.78. The molecule has 0 aromatic heterocycles. The molecule has 9 nitrogen and oxygen atoms in total. The Morgan fingerprint density at radius 3 is 2.79 bits per heavy atom. The molecule has 0 fully saturated rings. The first-order chi connectivity index (χ1) is 8.99. The molecule has 0 heterocycles. The van der Waals surface area contributed by atoms with Crippen LogP contribution in [-0.4, -0.2) is 23.7 Å². The molecule has 1 aromatic rings. The molecular weight excluding hydrogens is 254 g/mol. The lowest BCUT2D eigenvalue weighted by Crippen LogP contribution is -2.22. The van der Waals surface area contributed by atoms with Gasteiger partial charge in [-0.15, -0.1) is 0 Å². The zero-order valence-electron chi connectivity index (χ0n) is 9.78. The van der Waals surface area contributed by atoms with Crippen LogP contribution in [0.2, 0.25) is 0 Å². The van der Waals surface area contributed by atoms with Crippen LogP contribution in [-0.2, 0) is 4.79 Å². The summed E-state index contributed by atoms with van der Waals surface area (Å²) in [7, 11) is 1.36. The van der Waals surface area contributed by atoms with Crippen molar-refractivity contribution in [2.24, 2.45) is 10.8 Å². The van der Waals surface area contributed by atoms with Crippen molar-refractivity contribution in [2.75, 3.05) is 12.5 Å². The molecule has 0 spiro atoms. The lowest BCUT2D eigenvalue weighted by atomic mass is 10.2. The van der Waals surface area contributed by atoms with Gasteiger partial charge in [0.15, 0.2) is 0 Å². The number of carbonyl (C=O) groups is 1. The normalized spacial score (nSPS) is 10.4. The number of rotatable bonds is 5. The number of nitrogens with zero attached hydrogens (tertiary/aromatic N) is 3. The van der Waals surface area contributed by atoms with E-state index in [9.17, 15) is 14.9 Å². The number of nitrogens with two attached hydrogens (primary N) is 1. The van der Waals surface area contributed by atoms with Crippen LogP contribution in [0, 0.1) is 21.4 Å². The van der Waals surface area contributed by atoms with Gasteiger partial charge < -0.3 is 10.5 Å². The van der Waals surface area contributed by atoms with Crippen molar-refractivity contribution in [1.82, 2.24) is 0 Å². The van der Waals surface area contributed by atoms with Crippen molar-refractivity contribution in [3.05, 3.63) is 28.3 Å². The summed E-state index contributed by atoms with van der Waals surface area (Å²) in [6.07, 6.45) is 0. The standard InChI is InChI=1S/C10H9N5O4/c1-19-9-3-2-6(15(17)18)4-7(9)13-14-8(5-11)10(12)16/h2-4,13H,1H3,(H2,12,16). The molecule has 3 N–H and O–H groups in total. The van der Waals surface area contributed by atoms with Gasteiger partial charge in [-0.05, 0) is 6.07 Å². The molecule has 0 aliphatic carbocycles. The Bertz CT molecular complexity index is 590. The maximum Gasteiger partial charge on any atom is 0.280 e. The number of hydrogen-bond donors (Lipinski definition) is 2. The average Bonchev–Trinajstić information content (AvgIpc) is 2.38. The summed E-state index contributed by atoms with van der Waals surface area (Å²) in [5.41, 5.74) is 6.59. The van der Waals surface area contributed by atoms with Gasteiger partial charge in [0.1, 0.15) is 17.5 Å². The Kier molecular flexibility index (Phi) is 4.37.